The third-order valence-electron chi connectivity index (χ3n) is 11.3. The average molecular weight is 790 g/mol. The number of carbonyl (C=O) groups is 1. The molecule has 0 heterocycles. The van der Waals surface area contributed by atoms with Gasteiger partial charge in [0.15, 0.2) is 0 Å². The maximum absolute atomic E-state index is 12.5. The third kappa shape index (κ3) is 38.1. The van der Waals surface area contributed by atoms with Gasteiger partial charge in [0.25, 0.3) is 0 Å². The first-order valence-corrected chi connectivity index (χ1v) is 24.4. The zero-order chi connectivity index (χ0) is 41.0. The summed E-state index contributed by atoms with van der Waals surface area (Å²) in [6.45, 7) is 4.04. The fourth-order valence-electron chi connectivity index (χ4n) is 7.42. The van der Waals surface area contributed by atoms with Gasteiger partial charge >= 0.3 is 0 Å². The summed E-state index contributed by atoms with van der Waals surface area (Å²) in [5.74, 6) is -0.599. The van der Waals surface area contributed by atoms with Gasteiger partial charge in [0, 0.05) is 0 Å². The number of unbranched alkanes of at least 4 members (excludes halogenated alkanes) is 29. The number of aliphatic hydroxyl groups excluding tert-OH is 4. The van der Waals surface area contributed by atoms with Crippen LogP contribution < -0.4 is 5.32 Å². The minimum atomic E-state index is -1.29. The standard InChI is InChI=1S/C50H95NO5/c1-3-5-7-9-11-13-15-17-19-21-22-23-24-25-26-27-28-30-32-34-36-38-40-42-44-48(54)50(56)51-46(45-52)49(55)47(53)43-41-39-37-35-33-31-29-20-18-16-14-12-10-8-6-4-2/h20,25-26,29,35,37,46-49,52-55H,3-19,21-24,27-28,30-34,36,38-45H2,1-2H3,(H,51,56)/b26-25-,29-20+,37-35+. The van der Waals surface area contributed by atoms with E-state index in [2.05, 4.69) is 55.6 Å². The Morgan fingerprint density at radius 2 is 0.750 bits per heavy atom. The van der Waals surface area contributed by atoms with Crippen molar-refractivity contribution in [1.29, 1.82) is 0 Å². The van der Waals surface area contributed by atoms with E-state index >= 15 is 0 Å². The minimum Gasteiger partial charge on any atom is -0.394 e. The Kier molecular flexibility index (Phi) is 43.5. The van der Waals surface area contributed by atoms with Gasteiger partial charge in [-0.2, -0.15) is 0 Å². The first-order chi connectivity index (χ1) is 27.5. The summed E-state index contributed by atoms with van der Waals surface area (Å²) in [5.41, 5.74) is 0. The lowest BCUT2D eigenvalue weighted by Crippen LogP contribution is -2.53. The Bertz CT molecular complexity index is 889. The van der Waals surface area contributed by atoms with Crippen molar-refractivity contribution < 1.29 is 25.2 Å². The molecule has 0 aromatic heterocycles. The first-order valence-electron chi connectivity index (χ1n) is 24.4. The van der Waals surface area contributed by atoms with Gasteiger partial charge in [-0.25, -0.2) is 0 Å². The molecule has 4 unspecified atom stereocenters. The molecule has 0 aliphatic heterocycles. The van der Waals surface area contributed by atoms with Crippen molar-refractivity contribution in [3.05, 3.63) is 36.5 Å². The molecule has 0 bridgehead atoms. The molecule has 0 fully saturated rings. The largest absolute Gasteiger partial charge is 0.394 e. The fraction of sp³-hybridized carbons (Fsp3) is 0.860. The number of carbonyl (C=O) groups excluding carboxylic acids is 1. The molecule has 0 radical (unpaired) electrons. The van der Waals surface area contributed by atoms with Crippen molar-refractivity contribution in [2.75, 3.05) is 6.61 Å². The summed E-state index contributed by atoms with van der Waals surface area (Å²) in [6.07, 6.45) is 53.3. The van der Waals surface area contributed by atoms with Gasteiger partial charge in [0.05, 0.1) is 18.8 Å². The number of hydrogen-bond acceptors (Lipinski definition) is 5. The molecular weight excluding hydrogens is 695 g/mol. The smallest absolute Gasteiger partial charge is 0.249 e. The van der Waals surface area contributed by atoms with Crippen LogP contribution >= 0.6 is 0 Å². The van der Waals surface area contributed by atoms with Crippen molar-refractivity contribution in [3.8, 4) is 0 Å². The molecule has 0 aliphatic carbocycles. The lowest BCUT2D eigenvalue weighted by atomic mass is 10.00. The second-order valence-electron chi connectivity index (χ2n) is 16.8. The van der Waals surface area contributed by atoms with Crippen molar-refractivity contribution in [2.24, 2.45) is 0 Å². The number of aliphatic hydroxyl groups is 4. The highest BCUT2D eigenvalue weighted by molar-refractivity contribution is 5.80. The highest BCUT2D eigenvalue weighted by Gasteiger charge is 2.28. The molecule has 4 atom stereocenters. The topological polar surface area (TPSA) is 110 Å². The van der Waals surface area contributed by atoms with E-state index in [1.165, 1.54) is 173 Å². The maximum Gasteiger partial charge on any atom is 0.249 e. The predicted octanol–water partition coefficient (Wildman–Crippen LogP) is 13.3. The van der Waals surface area contributed by atoms with Gasteiger partial charge in [0.2, 0.25) is 5.91 Å². The number of hydrogen-bond donors (Lipinski definition) is 5. The van der Waals surface area contributed by atoms with Crippen molar-refractivity contribution >= 4 is 5.91 Å². The zero-order valence-corrected chi connectivity index (χ0v) is 37.1. The second-order valence-corrected chi connectivity index (χ2v) is 16.8. The van der Waals surface area contributed by atoms with Gasteiger partial charge in [0.1, 0.15) is 12.2 Å². The van der Waals surface area contributed by atoms with E-state index in [0.29, 0.717) is 19.3 Å². The van der Waals surface area contributed by atoms with Crippen LogP contribution in [0.2, 0.25) is 0 Å². The summed E-state index contributed by atoms with van der Waals surface area (Å²) in [6, 6.07) is -1.01. The number of nitrogens with one attached hydrogen (secondary N) is 1. The van der Waals surface area contributed by atoms with Gasteiger partial charge in [-0.1, -0.05) is 204 Å². The molecule has 0 aromatic rings. The van der Waals surface area contributed by atoms with E-state index in [4.69, 9.17) is 0 Å². The van der Waals surface area contributed by atoms with Crippen molar-refractivity contribution in [3.63, 3.8) is 0 Å². The lowest BCUT2D eigenvalue weighted by molar-refractivity contribution is -0.132. The average Bonchev–Trinajstić information content (AvgIpc) is 3.20. The molecular formula is C50H95NO5. The van der Waals surface area contributed by atoms with Gasteiger partial charge in [-0.3, -0.25) is 4.79 Å². The zero-order valence-electron chi connectivity index (χ0n) is 37.1. The Morgan fingerprint density at radius 1 is 0.429 bits per heavy atom. The Morgan fingerprint density at radius 3 is 1.12 bits per heavy atom. The van der Waals surface area contributed by atoms with Gasteiger partial charge in [-0.15, -0.1) is 0 Å². The minimum absolute atomic E-state index is 0.357. The van der Waals surface area contributed by atoms with Crippen LogP contribution in [-0.4, -0.2) is 57.3 Å². The first kappa shape index (κ1) is 54.5. The Labute approximate surface area is 347 Å². The van der Waals surface area contributed by atoms with Crippen LogP contribution in [-0.2, 0) is 4.79 Å². The maximum atomic E-state index is 12.5. The molecule has 0 saturated carbocycles. The summed E-state index contributed by atoms with van der Waals surface area (Å²) in [7, 11) is 0. The number of amides is 1. The molecule has 5 N–H and O–H groups in total. The molecule has 6 nitrogen and oxygen atoms in total. The normalized spacial score (nSPS) is 14.3. The van der Waals surface area contributed by atoms with Crippen LogP contribution in [0.1, 0.15) is 245 Å². The Hall–Kier alpha value is -1.47. The predicted molar refractivity (Wildman–Crippen MR) is 242 cm³/mol. The highest BCUT2D eigenvalue weighted by Crippen LogP contribution is 2.15. The number of allylic oxidation sites excluding steroid dienone is 6. The molecule has 56 heavy (non-hydrogen) atoms. The van der Waals surface area contributed by atoms with E-state index in [-0.39, 0.29) is 0 Å². The lowest BCUT2D eigenvalue weighted by Gasteiger charge is -2.27. The van der Waals surface area contributed by atoms with E-state index in [1.54, 1.807) is 0 Å². The summed E-state index contributed by atoms with van der Waals surface area (Å²) in [5, 5.41) is 43.7. The quantitative estimate of drug-likeness (QED) is 0.0312. The Balaban J connectivity index is 3.73. The van der Waals surface area contributed by atoms with E-state index in [9.17, 15) is 25.2 Å². The van der Waals surface area contributed by atoms with Crippen LogP contribution in [0.3, 0.4) is 0 Å². The monoisotopic (exact) mass is 790 g/mol. The fourth-order valence-corrected chi connectivity index (χ4v) is 7.42. The molecule has 0 aromatic carbocycles. The van der Waals surface area contributed by atoms with Crippen LogP contribution in [0.4, 0.5) is 0 Å². The van der Waals surface area contributed by atoms with Crippen LogP contribution in [0.15, 0.2) is 36.5 Å². The van der Waals surface area contributed by atoms with Crippen LogP contribution in [0.5, 0.6) is 0 Å². The van der Waals surface area contributed by atoms with E-state index in [1.807, 2.05) is 0 Å². The summed E-state index contributed by atoms with van der Waals surface area (Å²) >= 11 is 0. The highest BCUT2D eigenvalue weighted by atomic mass is 16.3. The summed E-state index contributed by atoms with van der Waals surface area (Å²) < 4.78 is 0. The molecule has 0 aliphatic rings. The SMILES string of the molecule is CCCCCCCCC/C=C/CC/C=C/CCCC(O)C(O)C(CO)NC(=O)C(O)CCCCCCCCCC/C=C\CCCCCCCCCCCCCC. The molecule has 0 rings (SSSR count). The van der Waals surface area contributed by atoms with Gasteiger partial charge in [-0.05, 0) is 77.0 Å². The van der Waals surface area contributed by atoms with Crippen LogP contribution in [0, 0.1) is 0 Å². The molecule has 1 amide bonds. The number of rotatable bonds is 44. The van der Waals surface area contributed by atoms with E-state index in [0.717, 1.165) is 38.5 Å². The second kappa shape index (κ2) is 44.6. The molecule has 0 saturated heterocycles. The molecule has 0 spiro atoms. The van der Waals surface area contributed by atoms with Gasteiger partial charge < -0.3 is 25.7 Å². The summed E-state index contributed by atoms with van der Waals surface area (Å²) in [4.78, 5) is 12.5. The molecule has 330 valence electrons. The van der Waals surface area contributed by atoms with E-state index < -0.39 is 36.9 Å². The van der Waals surface area contributed by atoms with Crippen molar-refractivity contribution in [1.82, 2.24) is 5.32 Å². The van der Waals surface area contributed by atoms with Crippen molar-refractivity contribution in [2.45, 2.75) is 269 Å². The third-order valence-corrected chi connectivity index (χ3v) is 11.3. The molecule has 6 heteroatoms. The van der Waals surface area contributed by atoms with Crippen LogP contribution in [0.25, 0.3) is 0 Å².